The van der Waals surface area contributed by atoms with Gasteiger partial charge in [-0.25, -0.2) is 0 Å². The van der Waals surface area contributed by atoms with Gasteiger partial charge in [-0.3, -0.25) is 0 Å². The number of aliphatic hydroxyl groups excluding tert-OH is 1. The van der Waals surface area contributed by atoms with Crippen molar-refractivity contribution in [2.45, 2.75) is 6.92 Å². The number of hydrogen-bond donors (Lipinski definition) is 2. The molecular weight excluding hydrogens is 182 g/mol. The monoisotopic (exact) mass is 195 g/mol. The van der Waals surface area contributed by atoms with Crippen LogP contribution in [-0.2, 0) is 0 Å². The summed E-state index contributed by atoms with van der Waals surface area (Å²) in [5, 5.41) is 20.2. The van der Waals surface area contributed by atoms with Gasteiger partial charge in [-0.1, -0.05) is 17.3 Å². The predicted octanol–water partition coefficient (Wildman–Crippen LogP) is 1.26. The van der Waals surface area contributed by atoms with E-state index in [1.165, 1.54) is 0 Å². The molecule has 0 saturated carbocycles. The maximum absolute atomic E-state index is 8.56. The molecule has 0 aliphatic heterocycles. The van der Waals surface area contributed by atoms with Gasteiger partial charge in [-0.2, -0.15) is 0 Å². The van der Waals surface area contributed by atoms with Crippen molar-refractivity contribution < 1.29 is 15.1 Å². The van der Waals surface area contributed by atoms with Gasteiger partial charge < -0.3 is 15.1 Å². The summed E-state index contributed by atoms with van der Waals surface area (Å²) in [5.74, 6) is 0.652. The quantitative estimate of drug-likeness (QED) is 0.432. The Morgan fingerprint density at radius 2 is 2.29 bits per heavy atom. The van der Waals surface area contributed by atoms with Gasteiger partial charge in [0.1, 0.15) is 12.4 Å². The molecule has 0 aliphatic rings. The van der Waals surface area contributed by atoms with Crippen molar-refractivity contribution in [1.29, 1.82) is 0 Å². The maximum Gasteiger partial charge on any atom is 0.120 e. The van der Waals surface area contributed by atoms with Gasteiger partial charge in [-0.15, -0.1) is 0 Å². The molecular formula is C10H13NO3. The summed E-state index contributed by atoms with van der Waals surface area (Å²) in [6.45, 7) is 1.95. The molecule has 2 N–H and O–H groups in total. The maximum atomic E-state index is 8.56. The third-order valence-electron chi connectivity index (χ3n) is 1.76. The van der Waals surface area contributed by atoms with Crippen molar-refractivity contribution in [3.8, 4) is 5.75 Å². The lowest BCUT2D eigenvalue weighted by Crippen LogP contribution is -2.02. The highest BCUT2D eigenvalue weighted by Crippen LogP contribution is 2.13. The van der Waals surface area contributed by atoms with Crippen molar-refractivity contribution in [3.05, 3.63) is 29.8 Å². The number of hydrogen-bond acceptors (Lipinski definition) is 4. The molecule has 76 valence electrons. The second-order valence-corrected chi connectivity index (χ2v) is 2.79. The Kier molecular flexibility index (Phi) is 3.94. The molecule has 1 rings (SSSR count). The first-order chi connectivity index (χ1) is 6.77. The molecule has 0 fully saturated rings. The van der Waals surface area contributed by atoms with Crippen LogP contribution >= 0.6 is 0 Å². The van der Waals surface area contributed by atoms with E-state index in [0.29, 0.717) is 11.5 Å². The number of benzene rings is 1. The zero-order valence-corrected chi connectivity index (χ0v) is 7.97. The zero-order chi connectivity index (χ0) is 10.4. The smallest absolute Gasteiger partial charge is 0.120 e. The summed E-state index contributed by atoms with van der Waals surface area (Å²) in [4.78, 5) is 0. The number of nitrogens with zero attached hydrogens (tertiary/aromatic N) is 1. The normalized spacial score (nSPS) is 11.4. The summed E-state index contributed by atoms with van der Waals surface area (Å²) in [6, 6.07) is 7.16. The van der Waals surface area contributed by atoms with Crippen molar-refractivity contribution in [2.75, 3.05) is 13.2 Å². The SMILES string of the molecule is C/C(=N/O)c1cccc(OCCO)c1. The highest BCUT2D eigenvalue weighted by Gasteiger charge is 1.99. The molecule has 0 amide bonds. The minimum Gasteiger partial charge on any atom is -0.491 e. The zero-order valence-electron chi connectivity index (χ0n) is 7.97. The summed E-state index contributed by atoms with van der Waals surface area (Å²) < 4.78 is 5.20. The molecule has 0 spiro atoms. The number of aliphatic hydroxyl groups is 1. The molecule has 0 heterocycles. The van der Waals surface area contributed by atoms with E-state index in [0.717, 1.165) is 5.56 Å². The summed E-state index contributed by atoms with van der Waals surface area (Å²) >= 11 is 0. The lowest BCUT2D eigenvalue weighted by molar-refractivity contribution is 0.201. The fourth-order valence-corrected chi connectivity index (χ4v) is 1.03. The number of oxime groups is 1. The highest BCUT2D eigenvalue weighted by atomic mass is 16.5. The van der Waals surface area contributed by atoms with E-state index in [1.807, 2.05) is 6.07 Å². The van der Waals surface area contributed by atoms with Crippen molar-refractivity contribution in [3.63, 3.8) is 0 Å². The van der Waals surface area contributed by atoms with Crippen LogP contribution in [0.4, 0.5) is 0 Å². The molecule has 0 radical (unpaired) electrons. The van der Waals surface area contributed by atoms with Gasteiger partial charge >= 0.3 is 0 Å². The van der Waals surface area contributed by atoms with Crippen molar-refractivity contribution >= 4 is 5.71 Å². The molecule has 0 aromatic heterocycles. The first-order valence-electron chi connectivity index (χ1n) is 4.30. The Morgan fingerprint density at radius 3 is 2.93 bits per heavy atom. The molecule has 0 saturated heterocycles. The lowest BCUT2D eigenvalue weighted by atomic mass is 10.1. The average molecular weight is 195 g/mol. The Balaban J connectivity index is 2.79. The van der Waals surface area contributed by atoms with E-state index in [1.54, 1.807) is 25.1 Å². The summed E-state index contributed by atoms with van der Waals surface area (Å²) in [5.41, 5.74) is 1.32. The Labute approximate surface area is 82.4 Å². The molecule has 1 aromatic rings. The van der Waals surface area contributed by atoms with Crippen molar-refractivity contribution in [2.24, 2.45) is 5.16 Å². The second-order valence-electron chi connectivity index (χ2n) is 2.79. The minimum atomic E-state index is -0.0166. The molecule has 4 nitrogen and oxygen atoms in total. The largest absolute Gasteiger partial charge is 0.491 e. The lowest BCUT2D eigenvalue weighted by Gasteiger charge is -2.05. The van der Waals surface area contributed by atoms with E-state index in [9.17, 15) is 0 Å². The molecule has 4 heteroatoms. The van der Waals surface area contributed by atoms with Gasteiger partial charge in [-0.05, 0) is 19.1 Å². The topological polar surface area (TPSA) is 62.1 Å². The molecule has 0 unspecified atom stereocenters. The van der Waals surface area contributed by atoms with Crippen LogP contribution in [0, 0.1) is 0 Å². The summed E-state index contributed by atoms with van der Waals surface area (Å²) in [7, 11) is 0. The highest BCUT2D eigenvalue weighted by molar-refractivity contribution is 5.98. The van der Waals surface area contributed by atoms with Gasteiger partial charge in [0.05, 0.1) is 12.3 Å². The Bertz CT molecular complexity index is 323. The molecule has 0 aliphatic carbocycles. The Hall–Kier alpha value is -1.55. The van der Waals surface area contributed by atoms with Gasteiger partial charge in [0.2, 0.25) is 0 Å². The second kappa shape index (κ2) is 5.24. The van der Waals surface area contributed by atoms with Gasteiger partial charge in [0.15, 0.2) is 0 Å². The standard InChI is InChI=1S/C10H13NO3/c1-8(11-13)9-3-2-4-10(7-9)14-6-5-12/h2-4,7,12-13H,5-6H2,1H3/b11-8-. The first kappa shape index (κ1) is 10.5. The van der Waals surface area contributed by atoms with Crippen LogP contribution < -0.4 is 4.74 Å². The fraction of sp³-hybridized carbons (Fsp3) is 0.300. The van der Waals surface area contributed by atoms with E-state index in [4.69, 9.17) is 15.1 Å². The van der Waals surface area contributed by atoms with Gasteiger partial charge in [0.25, 0.3) is 0 Å². The number of ether oxygens (including phenoxy) is 1. The molecule has 0 atom stereocenters. The minimum absolute atomic E-state index is 0.0166. The van der Waals surface area contributed by atoms with Crippen LogP contribution in [0.5, 0.6) is 5.75 Å². The third-order valence-corrected chi connectivity index (χ3v) is 1.76. The first-order valence-corrected chi connectivity index (χ1v) is 4.30. The van der Waals surface area contributed by atoms with Crippen LogP contribution in [0.25, 0.3) is 0 Å². The fourth-order valence-electron chi connectivity index (χ4n) is 1.03. The van der Waals surface area contributed by atoms with E-state index < -0.39 is 0 Å². The number of rotatable bonds is 4. The van der Waals surface area contributed by atoms with Gasteiger partial charge in [0, 0.05) is 5.56 Å². The molecule has 14 heavy (non-hydrogen) atoms. The van der Waals surface area contributed by atoms with E-state index in [2.05, 4.69) is 5.16 Å². The van der Waals surface area contributed by atoms with Crippen LogP contribution in [0.15, 0.2) is 29.4 Å². The third kappa shape index (κ3) is 2.74. The molecule has 0 bridgehead atoms. The van der Waals surface area contributed by atoms with E-state index >= 15 is 0 Å². The van der Waals surface area contributed by atoms with Crippen molar-refractivity contribution in [1.82, 2.24) is 0 Å². The van der Waals surface area contributed by atoms with Crippen LogP contribution in [0.2, 0.25) is 0 Å². The van der Waals surface area contributed by atoms with Crippen LogP contribution in [-0.4, -0.2) is 29.2 Å². The van der Waals surface area contributed by atoms with Crippen LogP contribution in [0.3, 0.4) is 0 Å². The van der Waals surface area contributed by atoms with Crippen LogP contribution in [0.1, 0.15) is 12.5 Å². The average Bonchev–Trinajstić information content (AvgIpc) is 2.25. The molecule has 1 aromatic carbocycles. The Morgan fingerprint density at radius 1 is 1.50 bits per heavy atom. The van der Waals surface area contributed by atoms with E-state index in [-0.39, 0.29) is 13.2 Å². The predicted molar refractivity (Wildman–Crippen MR) is 53.0 cm³/mol. The summed E-state index contributed by atoms with van der Waals surface area (Å²) in [6.07, 6.45) is 0.